The van der Waals surface area contributed by atoms with Crippen LogP contribution in [0.15, 0.2) is 42.7 Å². The van der Waals surface area contributed by atoms with Gasteiger partial charge in [0.2, 0.25) is 5.95 Å². The van der Waals surface area contributed by atoms with Crippen LogP contribution < -0.4 is 5.32 Å². The number of anilines is 2. The quantitative estimate of drug-likeness (QED) is 0.532. The standard InChI is InChI=1S/C19H25N3O2/c1-3-5-6-8-17(4-2)24-18(23)15-9-11-16(12-10-15)22-19-20-13-7-14-21-19/h7,9-14,17H,3-6,8H2,1-2H3,(H,20,21,22). The third kappa shape index (κ3) is 5.65. The largest absolute Gasteiger partial charge is 0.459 e. The molecule has 0 aliphatic carbocycles. The Bertz CT molecular complexity index is 614. The summed E-state index contributed by atoms with van der Waals surface area (Å²) in [7, 11) is 0. The Hall–Kier alpha value is -2.43. The second kappa shape index (κ2) is 9.65. The maximum absolute atomic E-state index is 12.2. The summed E-state index contributed by atoms with van der Waals surface area (Å²) in [5.41, 5.74) is 1.39. The molecule has 0 aliphatic heterocycles. The average molecular weight is 327 g/mol. The zero-order valence-corrected chi connectivity index (χ0v) is 14.4. The van der Waals surface area contributed by atoms with Crippen LogP contribution in [0.5, 0.6) is 0 Å². The number of nitrogens with zero attached hydrogens (tertiary/aromatic N) is 2. The highest BCUT2D eigenvalue weighted by atomic mass is 16.5. The van der Waals surface area contributed by atoms with Crippen LogP contribution in [0.25, 0.3) is 0 Å². The fraction of sp³-hybridized carbons (Fsp3) is 0.421. The summed E-state index contributed by atoms with van der Waals surface area (Å²) in [5, 5.41) is 3.08. The molecule has 5 nitrogen and oxygen atoms in total. The summed E-state index contributed by atoms with van der Waals surface area (Å²) in [5.74, 6) is 0.260. The van der Waals surface area contributed by atoms with Crippen LogP contribution in [-0.4, -0.2) is 22.0 Å². The maximum Gasteiger partial charge on any atom is 0.338 e. The normalized spacial score (nSPS) is 11.8. The molecular formula is C19H25N3O2. The predicted octanol–water partition coefficient (Wildman–Crippen LogP) is 4.74. The number of nitrogens with one attached hydrogen (secondary N) is 1. The lowest BCUT2D eigenvalue weighted by atomic mass is 10.1. The molecule has 0 radical (unpaired) electrons. The first-order valence-corrected chi connectivity index (χ1v) is 8.58. The lowest BCUT2D eigenvalue weighted by Gasteiger charge is -2.16. The van der Waals surface area contributed by atoms with Crippen molar-refractivity contribution < 1.29 is 9.53 Å². The lowest BCUT2D eigenvalue weighted by molar-refractivity contribution is 0.0267. The van der Waals surface area contributed by atoms with Crippen molar-refractivity contribution in [3.05, 3.63) is 48.3 Å². The second-order valence-corrected chi connectivity index (χ2v) is 5.71. The third-order valence-corrected chi connectivity index (χ3v) is 3.80. The minimum atomic E-state index is -0.263. The topological polar surface area (TPSA) is 64.1 Å². The predicted molar refractivity (Wildman–Crippen MR) is 95.4 cm³/mol. The Morgan fingerprint density at radius 1 is 1.12 bits per heavy atom. The zero-order chi connectivity index (χ0) is 17.2. The third-order valence-electron chi connectivity index (χ3n) is 3.80. The molecular weight excluding hydrogens is 302 g/mol. The number of rotatable bonds is 9. The summed E-state index contributed by atoms with van der Waals surface area (Å²) in [6.45, 7) is 4.22. The van der Waals surface area contributed by atoms with Crippen molar-refractivity contribution in [2.75, 3.05) is 5.32 Å². The van der Waals surface area contributed by atoms with Crippen molar-refractivity contribution in [3.8, 4) is 0 Å². The van der Waals surface area contributed by atoms with E-state index in [1.165, 1.54) is 12.8 Å². The van der Waals surface area contributed by atoms with E-state index in [-0.39, 0.29) is 12.1 Å². The Morgan fingerprint density at radius 2 is 1.83 bits per heavy atom. The molecule has 1 aromatic heterocycles. The molecule has 0 amide bonds. The summed E-state index contributed by atoms with van der Waals surface area (Å²) < 4.78 is 5.61. The van der Waals surface area contributed by atoms with Crippen LogP contribution in [0, 0.1) is 0 Å². The number of unbranched alkanes of at least 4 members (excludes halogenated alkanes) is 2. The monoisotopic (exact) mass is 327 g/mol. The first kappa shape index (κ1) is 17.9. The smallest absolute Gasteiger partial charge is 0.338 e. The number of hydrogen-bond donors (Lipinski definition) is 1. The molecule has 0 saturated heterocycles. The van der Waals surface area contributed by atoms with E-state index in [0.29, 0.717) is 11.5 Å². The van der Waals surface area contributed by atoms with Gasteiger partial charge in [0, 0.05) is 18.1 Å². The molecule has 0 saturated carbocycles. The molecule has 2 rings (SSSR count). The number of carbonyl (C=O) groups is 1. The van der Waals surface area contributed by atoms with Gasteiger partial charge in [0.15, 0.2) is 0 Å². The summed E-state index contributed by atoms with van der Waals surface area (Å²) >= 11 is 0. The first-order chi connectivity index (χ1) is 11.7. The van der Waals surface area contributed by atoms with Crippen molar-refractivity contribution in [3.63, 3.8) is 0 Å². The molecule has 0 aliphatic rings. The fourth-order valence-corrected chi connectivity index (χ4v) is 2.37. The molecule has 1 unspecified atom stereocenters. The highest BCUT2D eigenvalue weighted by molar-refractivity contribution is 5.90. The number of esters is 1. The van der Waals surface area contributed by atoms with E-state index < -0.39 is 0 Å². The van der Waals surface area contributed by atoms with Gasteiger partial charge in [0.05, 0.1) is 5.56 Å². The molecule has 2 aromatic rings. The molecule has 1 atom stereocenters. The van der Waals surface area contributed by atoms with E-state index in [9.17, 15) is 4.79 Å². The minimum Gasteiger partial charge on any atom is -0.459 e. The van der Waals surface area contributed by atoms with Crippen molar-refractivity contribution >= 4 is 17.6 Å². The molecule has 5 heteroatoms. The first-order valence-electron chi connectivity index (χ1n) is 8.58. The van der Waals surface area contributed by atoms with Crippen LogP contribution in [0.4, 0.5) is 11.6 Å². The van der Waals surface area contributed by atoms with Crippen LogP contribution in [0.2, 0.25) is 0 Å². The average Bonchev–Trinajstić information content (AvgIpc) is 2.62. The molecule has 0 fully saturated rings. The summed E-state index contributed by atoms with van der Waals surface area (Å²) in [4.78, 5) is 20.5. The van der Waals surface area contributed by atoms with Gasteiger partial charge >= 0.3 is 5.97 Å². The van der Waals surface area contributed by atoms with Crippen molar-refractivity contribution in [2.24, 2.45) is 0 Å². The number of hydrogen-bond acceptors (Lipinski definition) is 5. The van der Waals surface area contributed by atoms with Crippen molar-refractivity contribution in [1.29, 1.82) is 0 Å². The Kier molecular flexibility index (Phi) is 7.21. The van der Waals surface area contributed by atoms with Crippen LogP contribution in [0.1, 0.15) is 56.3 Å². The van der Waals surface area contributed by atoms with Gasteiger partial charge < -0.3 is 10.1 Å². The van der Waals surface area contributed by atoms with E-state index in [4.69, 9.17) is 4.74 Å². The number of carbonyl (C=O) groups excluding carboxylic acids is 1. The van der Waals surface area contributed by atoms with Crippen molar-refractivity contribution in [2.45, 2.75) is 52.1 Å². The van der Waals surface area contributed by atoms with Gasteiger partial charge in [-0.2, -0.15) is 0 Å². The Labute approximate surface area is 143 Å². The maximum atomic E-state index is 12.2. The molecule has 0 spiro atoms. The van der Waals surface area contributed by atoms with E-state index in [1.54, 1.807) is 30.6 Å². The Balaban J connectivity index is 1.90. The van der Waals surface area contributed by atoms with Gasteiger partial charge in [-0.25, -0.2) is 14.8 Å². The molecule has 24 heavy (non-hydrogen) atoms. The highest BCUT2D eigenvalue weighted by Gasteiger charge is 2.14. The van der Waals surface area contributed by atoms with E-state index in [0.717, 1.165) is 24.9 Å². The highest BCUT2D eigenvalue weighted by Crippen LogP contribution is 2.16. The van der Waals surface area contributed by atoms with Gasteiger partial charge in [0.25, 0.3) is 0 Å². The van der Waals surface area contributed by atoms with Gasteiger partial charge in [-0.15, -0.1) is 0 Å². The van der Waals surface area contributed by atoms with Gasteiger partial charge in [0.1, 0.15) is 6.10 Å². The number of benzene rings is 1. The van der Waals surface area contributed by atoms with Gasteiger partial charge in [-0.3, -0.25) is 0 Å². The van der Waals surface area contributed by atoms with E-state index in [2.05, 4.69) is 29.1 Å². The lowest BCUT2D eigenvalue weighted by Crippen LogP contribution is -2.17. The van der Waals surface area contributed by atoms with E-state index in [1.807, 2.05) is 12.1 Å². The fourth-order valence-electron chi connectivity index (χ4n) is 2.37. The second-order valence-electron chi connectivity index (χ2n) is 5.71. The summed E-state index contributed by atoms with van der Waals surface area (Å²) in [6, 6.07) is 8.92. The van der Waals surface area contributed by atoms with Crippen LogP contribution >= 0.6 is 0 Å². The molecule has 128 valence electrons. The van der Waals surface area contributed by atoms with Gasteiger partial charge in [-0.05, 0) is 49.6 Å². The van der Waals surface area contributed by atoms with E-state index >= 15 is 0 Å². The Morgan fingerprint density at radius 3 is 2.46 bits per heavy atom. The molecule has 1 N–H and O–H groups in total. The van der Waals surface area contributed by atoms with Crippen molar-refractivity contribution in [1.82, 2.24) is 9.97 Å². The SMILES string of the molecule is CCCCCC(CC)OC(=O)c1ccc(Nc2ncccn2)cc1. The number of aromatic nitrogens is 2. The molecule has 1 heterocycles. The van der Waals surface area contributed by atoms with Crippen LogP contribution in [-0.2, 0) is 4.74 Å². The summed E-state index contributed by atoms with van der Waals surface area (Å²) in [6.07, 6.45) is 8.57. The minimum absolute atomic E-state index is 0.000398. The zero-order valence-electron chi connectivity index (χ0n) is 14.4. The van der Waals surface area contributed by atoms with Crippen LogP contribution in [0.3, 0.4) is 0 Å². The number of ether oxygens (including phenoxy) is 1. The van der Waals surface area contributed by atoms with Gasteiger partial charge in [-0.1, -0.05) is 26.7 Å². The molecule has 1 aromatic carbocycles. The molecule has 0 bridgehead atoms.